The van der Waals surface area contributed by atoms with E-state index in [2.05, 4.69) is 28.6 Å². The molecule has 15 heavy (non-hydrogen) atoms. The minimum atomic E-state index is 0.582. The molecule has 1 aromatic rings. The fourth-order valence-electron chi connectivity index (χ4n) is 2.13. The van der Waals surface area contributed by atoms with Crippen LogP contribution in [0.3, 0.4) is 0 Å². The fraction of sp³-hybridized carbons (Fsp3) is 0.538. The number of aryl methyl sites for hydroxylation is 1. The van der Waals surface area contributed by atoms with Crippen LogP contribution in [0.2, 0.25) is 0 Å². The molecule has 0 aliphatic heterocycles. The van der Waals surface area contributed by atoms with Gasteiger partial charge < -0.3 is 5.32 Å². The van der Waals surface area contributed by atoms with Crippen molar-refractivity contribution in [3.8, 4) is 11.8 Å². The standard InChI is InChI=1S/C13H17NS/c1-2-3-4-9-14-12-6-5-7-13-11(12)8-10-15-13/h8,10,12,14H,4-7,9H2,1H3. The zero-order valence-corrected chi connectivity index (χ0v) is 9.99. The molecule has 1 aliphatic carbocycles. The van der Waals surface area contributed by atoms with E-state index in [0.717, 1.165) is 13.0 Å². The molecule has 1 unspecified atom stereocenters. The average Bonchev–Trinajstić information content (AvgIpc) is 2.73. The van der Waals surface area contributed by atoms with Gasteiger partial charge in [-0.2, -0.15) is 0 Å². The maximum absolute atomic E-state index is 3.60. The first-order valence-corrected chi connectivity index (χ1v) is 6.49. The van der Waals surface area contributed by atoms with Crippen LogP contribution in [0, 0.1) is 11.8 Å². The van der Waals surface area contributed by atoms with Crippen molar-refractivity contribution < 1.29 is 0 Å². The molecule has 2 heteroatoms. The first kappa shape index (κ1) is 10.7. The van der Waals surface area contributed by atoms with Gasteiger partial charge in [0.15, 0.2) is 0 Å². The SMILES string of the molecule is CC#CCCNC1CCCc2sccc21. The van der Waals surface area contributed by atoms with E-state index in [1.165, 1.54) is 24.8 Å². The van der Waals surface area contributed by atoms with Gasteiger partial charge in [-0.1, -0.05) is 0 Å². The van der Waals surface area contributed by atoms with E-state index in [-0.39, 0.29) is 0 Å². The molecule has 0 aromatic carbocycles. The molecule has 1 aliphatic rings. The third kappa shape index (κ3) is 2.62. The van der Waals surface area contributed by atoms with Crippen LogP contribution in [0.15, 0.2) is 11.4 Å². The Kier molecular flexibility index (Phi) is 3.82. The predicted octanol–water partition coefficient (Wildman–Crippen LogP) is 3.13. The van der Waals surface area contributed by atoms with Crippen molar-refractivity contribution >= 4 is 11.3 Å². The summed E-state index contributed by atoms with van der Waals surface area (Å²) in [6.45, 7) is 2.92. The molecule has 1 atom stereocenters. The number of thiophene rings is 1. The molecule has 1 aromatic heterocycles. The summed E-state index contributed by atoms with van der Waals surface area (Å²) in [6.07, 6.45) is 4.85. The summed E-state index contributed by atoms with van der Waals surface area (Å²) in [5.74, 6) is 6.03. The van der Waals surface area contributed by atoms with Crippen LogP contribution >= 0.6 is 11.3 Å². The Morgan fingerprint density at radius 1 is 1.60 bits per heavy atom. The smallest absolute Gasteiger partial charge is 0.0331 e. The van der Waals surface area contributed by atoms with Gasteiger partial charge in [0.2, 0.25) is 0 Å². The number of nitrogens with one attached hydrogen (secondary N) is 1. The highest BCUT2D eigenvalue weighted by Gasteiger charge is 2.19. The molecule has 1 heterocycles. The summed E-state index contributed by atoms with van der Waals surface area (Å²) in [4.78, 5) is 1.58. The minimum Gasteiger partial charge on any atom is -0.309 e. The summed E-state index contributed by atoms with van der Waals surface area (Å²) in [5, 5.41) is 5.82. The van der Waals surface area contributed by atoms with E-state index in [9.17, 15) is 0 Å². The van der Waals surface area contributed by atoms with Gasteiger partial charge in [-0.25, -0.2) is 0 Å². The second-order valence-electron chi connectivity index (χ2n) is 3.87. The van der Waals surface area contributed by atoms with Crippen molar-refractivity contribution in [1.29, 1.82) is 0 Å². The Balaban J connectivity index is 1.91. The van der Waals surface area contributed by atoms with Gasteiger partial charge in [0.1, 0.15) is 0 Å². The molecule has 0 saturated heterocycles. The van der Waals surface area contributed by atoms with Crippen LogP contribution in [0.5, 0.6) is 0 Å². The van der Waals surface area contributed by atoms with Gasteiger partial charge in [0.05, 0.1) is 0 Å². The van der Waals surface area contributed by atoms with Crippen LogP contribution in [0.1, 0.15) is 42.7 Å². The molecule has 0 fully saturated rings. The maximum atomic E-state index is 3.60. The van der Waals surface area contributed by atoms with Crippen molar-refractivity contribution in [3.63, 3.8) is 0 Å². The molecular formula is C13H17NS. The molecular weight excluding hydrogens is 202 g/mol. The van der Waals surface area contributed by atoms with Crippen molar-refractivity contribution in [1.82, 2.24) is 5.32 Å². The molecule has 0 saturated carbocycles. The van der Waals surface area contributed by atoms with Gasteiger partial charge in [-0.05, 0) is 43.2 Å². The molecule has 0 amide bonds. The molecule has 2 rings (SSSR count). The van der Waals surface area contributed by atoms with Gasteiger partial charge in [0.25, 0.3) is 0 Å². The first-order chi connectivity index (χ1) is 7.42. The van der Waals surface area contributed by atoms with Crippen LogP contribution in [-0.4, -0.2) is 6.54 Å². The quantitative estimate of drug-likeness (QED) is 0.608. The Morgan fingerprint density at radius 3 is 3.40 bits per heavy atom. The van der Waals surface area contributed by atoms with Crippen LogP contribution in [0.25, 0.3) is 0 Å². The van der Waals surface area contributed by atoms with Crippen molar-refractivity contribution in [3.05, 3.63) is 21.9 Å². The average molecular weight is 219 g/mol. The third-order valence-corrected chi connectivity index (χ3v) is 3.87. The van der Waals surface area contributed by atoms with E-state index in [0.29, 0.717) is 6.04 Å². The van der Waals surface area contributed by atoms with Crippen molar-refractivity contribution in [2.24, 2.45) is 0 Å². The Morgan fingerprint density at radius 2 is 2.53 bits per heavy atom. The number of fused-ring (bicyclic) bond motifs is 1. The normalized spacial score (nSPS) is 19.1. The zero-order chi connectivity index (χ0) is 10.5. The second kappa shape index (κ2) is 5.34. The van der Waals surface area contributed by atoms with Gasteiger partial charge in [-0.3, -0.25) is 0 Å². The zero-order valence-electron chi connectivity index (χ0n) is 9.18. The summed E-state index contributed by atoms with van der Waals surface area (Å²) < 4.78 is 0. The lowest BCUT2D eigenvalue weighted by molar-refractivity contribution is 0.470. The molecule has 0 spiro atoms. The minimum absolute atomic E-state index is 0.582. The van der Waals surface area contributed by atoms with E-state index in [1.54, 1.807) is 4.88 Å². The molecule has 80 valence electrons. The molecule has 1 nitrogen and oxygen atoms in total. The Bertz CT molecular complexity index is 369. The van der Waals surface area contributed by atoms with Crippen LogP contribution in [0.4, 0.5) is 0 Å². The van der Waals surface area contributed by atoms with E-state index in [4.69, 9.17) is 0 Å². The summed E-state index contributed by atoms with van der Waals surface area (Å²) in [5.41, 5.74) is 1.54. The largest absolute Gasteiger partial charge is 0.309 e. The highest BCUT2D eigenvalue weighted by atomic mass is 32.1. The monoisotopic (exact) mass is 219 g/mol. The predicted molar refractivity (Wildman–Crippen MR) is 66.1 cm³/mol. The highest BCUT2D eigenvalue weighted by Crippen LogP contribution is 2.32. The third-order valence-electron chi connectivity index (χ3n) is 2.87. The summed E-state index contributed by atoms with van der Waals surface area (Å²) in [6, 6.07) is 2.86. The van der Waals surface area contributed by atoms with Gasteiger partial charge >= 0.3 is 0 Å². The lowest BCUT2D eigenvalue weighted by Crippen LogP contribution is -2.24. The van der Waals surface area contributed by atoms with E-state index in [1.807, 2.05) is 18.3 Å². The van der Waals surface area contributed by atoms with Gasteiger partial charge in [0, 0.05) is 23.9 Å². The first-order valence-electron chi connectivity index (χ1n) is 5.61. The molecule has 0 bridgehead atoms. The van der Waals surface area contributed by atoms with Crippen LogP contribution < -0.4 is 5.32 Å². The summed E-state index contributed by atoms with van der Waals surface area (Å²) >= 11 is 1.90. The lowest BCUT2D eigenvalue weighted by Gasteiger charge is -2.23. The molecule has 1 N–H and O–H groups in total. The topological polar surface area (TPSA) is 12.0 Å². The van der Waals surface area contributed by atoms with E-state index < -0.39 is 0 Å². The van der Waals surface area contributed by atoms with E-state index >= 15 is 0 Å². The molecule has 0 radical (unpaired) electrons. The number of hydrogen-bond donors (Lipinski definition) is 1. The Labute approximate surface area is 95.9 Å². The van der Waals surface area contributed by atoms with Gasteiger partial charge in [-0.15, -0.1) is 23.2 Å². The fourth-order valence-corrected chi connectivity index (χ4v) is 3.12. The van der Waals surface area contributed by atoms with Crippen molar-refractivity contribution in [2.75, 3.05) is 6.54 Å². The number of hydrogen-bond acceptors (Lipinski definition) is 2. The maximum Gasteiger partial charge on any atom is 0.0331 e. The highest BCUT2D eigenvalue weighted by molar-refractivity contribution is 7.10. The van der Waals surface area contributed by atoms with Crippen molar-refractivity contribution in [2.45, 2.75) is 38.6 Å². The number of rotatable bonds is 3. The van der Waals surface area contributed by atoms with Crippen LogP contribution in [-0.2, 0) is 6.42 Å². The Hall–Kier alpha value is -0.780. The summed E-state index contributed by atoms with van der Waals surface area (Å²) in [7, 11) is 0. The lowest BCUT2D eigenvalue weighted by atomic mass is 9.94. The second-order valence-corrected chi connectivity index (χ2v) is 4.88.